The molecule has 7 nitrogen and oxygen atoms in total. The highest BCUT2D eigenvalue weighted by molar-refractivity contribution is 5.90. The Kier molecular flexibility index (Phi) is 6.97. The molecule has 0 aliphatic heterocycles. The molecule has 0 spiro atoms. The van der Waals surface area contributed by atoms with Crippen LogP contribution in [-0.2, 0) is 15.9 Å². The molecule has 0 aliphatic carbocycles. The first-order chi connectivity index (χ1) is 8.77. The fourth-order valence-corrected chi connectivity index (χ4v) is 1.31. The van der Waals surface area contributed by atoms with Gasteiger partial charge < -0.3 is 14.8 Å². The van der Waals surface area contributed by atoms with Crippen LogP contribution in [0.15, 0.2) is 0 Å². The second-order valence-electron chi connectivity index (χ2n) is 3.72. The third kappa shape index (κ3) is 5.24. The molecule has 2 N–H and O–H groups in total. The highest BCUT2D eigenvalue weighted by Gasteiger charge is 2.11. The summed E-state index contributed by atoms with van der Waals surface area (Å²) < 4.78 is 10.0. The maximum absolute atomic E-state index is 11.6. The number of ether oxygens (including phenoxy) is 2. The number of rotatable bonds is 9. The molecule has 1 heterocycles. The molecule has 0 radical (unpaired) electrons. The molecule has 1 aromatic heterocycles. The van der Waals surface area contributed by atoms with Crippen molar-refractivity contribution in [3.63, 3.8) is 0 Å². The summed E-state index contributed by atoms with van der Waals surface area (Å²) in [6.45, 7) is 3.99. The van der Waals surface area contributed by atoms with E-state index in [1.54, 1.807) is 7.11 Å². The van der Waals surface area contributed by atoms with Gasteiger partial charge in [0.2, 0.25) is 5.82 Å². The minimum absolute atomic E-state index is 0.176. The molecule has 0 aromatic carbocycles. The van der Waals surface area contributed by atoms with E-state index in [1.165, 1.54) is 0 Å². The maximum atomic E-state index is 11.6. The fraction of sp³-hybridized carbons (Fsp3) is 0.727. The van der Waals surface area contributed by atoms with Crippen LogP contribution in [0.5, 0.6) is 0 Å². The van der Waals surface area contributed by atoms with Crippen LogP contribution in [-0.4, -0.2) is 54.6 Å². The summed E-state index contributed by atoms with van der Waals surface area (Å²) in [7, 11) is 1.61. The first-order valence-corrected chi connectivity index (χ1v) is 6.04. The van der Waals surface area contributed by atoms with Crippen LogP contribution in [0.2, 0.25) is 0 Å². The van der Waals surface area contributed by atoms with Gasteiger partial charge >= 0.3 is 0 Å². The van der Waals surface area contributed by atoms with Gasteiger partial charge in [-0.05, 0) is 6.42 Å². The van der Waals surface area contributed by atoms with E-state index in [0.717, 1.165) is 18.7 Å². The molecule has 0 aliphatic rings. The van der Waals surface area contributed by atoms with Gasteiger partial charge in [0, 0.05) is 20.1 Å². The Hall–Kier alpha value is -1.47. The van der Waals surface area contributed by atoms with E-state index in [0.29, 0.717) is 26.4 Å². The monoisotopic (exact) mass is 256 g/mol. The van der Waals surface area contributed by atoms with Crippen molar-refractivity contribution in [1.82, 2.24) is 20.5 Å². The van der Waals surface area contributed by atoms with E-state index in [1.807, 2.05) is 6.92 Å². The number of nitrogens with zero attached hydrogens (tertiary/aromatic N) is 2. The lowest BCUT2D eigenvalue weighted by atomic mass is 10.3. The van der Waals surface area contributed by atoms with Gasteiger partial charge in [-0.1, -0.05) is 6.92 Å². The minimum Gasteiger partial charge on any atom is -0.382 e. The predicted octanol–water partition coefficient (Wildman–Crippen LogP) is 0.150. The summed E-state index contributed by atoms with van der Waals surface area (Å²) in [5.41, 5.74) is 0. The molecule has 18 heavy (non-hydrogen) atoms. The predicted molar refractivity (Wildman–Crippen MR) is 65.4 cm³/mol. The van der Waals surface area contributed by atoms with Gasteiger partial charge in [0.1, 0.15) is 5.82 Å². The minimum atomic E-state index is -0.288. The summed E-state index contributed by atoms with van der Waals surface area (Å²) in [6, 6.07) is 0. The van der Waals surface area contributed by atoms with Gasteiger partial charge in [0.15, 0.2) is 0 Å². The number of nitrogens with one attached hydrogen (secondary N) is 2. The maximum Gasteiger partial charge on any atom is 0.291 e. The smallest absolute Gasteiger partial charge is 0.291 e. The average Bonchev–Trinajstić information content (AvgIpc) is 2.82. The van der Waals surface area contributed by atoms with Crippen molar-refractivity contribution in [3.05, 3.63) is 11.6 Å². The van der Waals surface area contributed by atoms with E-state index in [2.05, 4.69) is 20.5 Å². The first kappa shape index (κ1) is 14.6. The van der Waals surface area contributed by atoms with Crippen molar-refractivity contribution >= 4 is 5.91 Å². The number of aromatic nitrogens is 3. The Balaban J connectivity index is 2.19. The summed E-state index contributed by atoms with van der Waals surface area (Å²) in [5, 5.41) is 9.27. The van der Waals surface area contributed by atoms with Gasteiger partial charge in [0.05, 0.1) is 19.8 Å². The van der Waals surface area contributed by atoms with Crippen molar-refractivity contribution < 1.29 is 14.3 Å². The van der Waals surface area contributed by atoms with Crippen LogP contribution in [0.1, 0.15) is 29.8 Å². The molecule has 0 bridgehead atoms. The van der Waals surface area contributed by atoms with Gasteiger partial charge in [0.25, 0.3) is 5.91 Å². The van der Waals surface area contributed by atoms with Crippen molar-refractivity contribution in [2.24, 2.45) is 0 Å². The number of amides is 1. The van der Waals surface area contributed by atoms with Crippen LogP contribution in [0.3, 0.4) is 0 Å². The van der Waals surface area contributed by atoms with Crippen molar-refractivity contribution in [1.29, 1.82) is 0 Å². The third-order valence-electron chi connectivity index (χ3n) is 2.19. The van der Waals surface area contributed by atoms with E-state index in [9.17, 15) is 4.79 Å². The average molecular weight is 256 g/mol. The van der Waals surface area contributed by atoms with Crippen LogP contribution < -0.4 is 5.32 Å². The van der Waals surface area contributed by atoms with Gasteiger partial charge in [-0.2, -0.15) is 0 Å². The standard InChI is InChI=1S/C11H20N4O3/c1-3-4-9-13-10(15-14-9)11(16)12-5-6-18-8-7-17-2/h3-8H2,1-2H3,(H,12,16)(H,13,14,15). The Morgan fingerprint density at radius 1 is 1.39 bits per heavy atom. The number of carbonyl (C=O) groups excluding carboxylic acids is 1. The molecule has 0 unspecified atom stereocenters. The van der Waals surface area contributed by atoms with Crippen LogP contribution in [0.25, 0.3) is 0 Å². The number of hydrogen-bond donors (Lipinski definition) is 2. The van der Waals surface area contributed by atoms with Crippen LogP contribution in [0, 0.1) is 0 Å². The Morgan fingerprint density at radius 3 is 2.94 bits per heavy atom. The highest BCUT2D eigenvalue weighted by Crippen LogP contribution is 1.96. The molecule has 102 valence electrons. The quantitative estimate of drug-likeness (QED) is 0.614. The van der Waals surface area contributed by atoms with Crippen molar-refractivity contribution in [2.75, 3.05) is 33.5 Å². The summed E-state index contributed by atoms with van der Waals surface area (Å²) in [5.74, 6) is 0.623. The topological polar surface area (TPSA) is 89.1 Å². The summed E-state index contributed by atoms with van der Waals surface area (Å²) in [6.07, 6.45) is 1.75. The highest BCUT2D eigenvalue weighted by atomic mass is 16.5. The largest absolute Gasteiger partial charge is 0.382 e. The molecule has 0 saturated carbocycles. The van der Waals surface area contributed by atoms with E-state index in [-0.39, 0.29) is 11.7 Å². The molecule has 7 heteroatoms. The number of aryl methyl sites for hydroxylation is 1. The number of carbonyl (C=O) groups is 1. The van der Waals surface area contributed by atoms with E-state index in [4.69, 9.17) is 9.47 Å². The zero-order valence-corrected chi connectivity index (χ0v) is 10.9. The third-order valence-corrected chi connectivity index (χ3v) is 2.19. The van der Waals surface area contributed by atoms with E-state index < -0.39 is 0 Å². The van der Waals surface area contributed by atoms with Gasteiger partial charge in [-0.15, -0.1) is 5.10 Å². The molecular weight excluding hydrogens is 236 g/mol. The lowest BCUT2D eigenvalue weighted by Gasteiger charge is -2.04. The molecule has 0 atom stereocenters. The Bertz CT molecular complexity index is 354. The Labute approximate surface area is 106 Å². The normalized spacial score (nSPS) is 10.6. The second kappa shape index (κ2) is 8.60. The van der Waals surface area contributed by atoms with Crippen molar-refractivity contribution in [2.45, 2.75) is 19.8 Å². The SMILES string of the molecule is CCCc1nc(C(=O)NCCOCCOC)n[nH]1. The zero-order valence-electron chi connectivity index (χ0n) is 10.9. The number of methoxy groups -OCH3 is 1. The summed E-state index contributed by atoms with van der Waals surface area (Å²) in [4.78, 5) is 15.7. The van der Waals surface area contributed by atoms with Crippen LogP contribution in [0.4, 0.5) is 0 Å². The number of hydrogen-bond acceptors (Lipinski definition) is 5. The molecule has 0 fully saturated rings. The van der Waals surface area contributed by atoms with Crippen molar-refractivity contribution in [3.8, 4) is 0 Å². The van der Waals surface area contributed by atoms with Gasteiger partial charge in [-0.25, -0.2) is 4.98 Å². The molecule has 0 saturated heterocycles. The number of aromatic amines is 1. The van der Waals surface area contributed by atoms with E-state index >= 15 is 0 Å². The zero-order chi connectivity index (χ0) is 13.2. The lowest BCUT2D eigenvalue weighted by Crippen LogP contribution is -2.28. The first-order valence-electron chi connectivity index (χ1n) is 6.04. The Morgan fingerprint density at radius 2 is 2.22 bits per heavy atom. The molecular formula is C11H20N4O3. The fourth-order valence-electron chi connectivity index (χ4n) is 1.31. The molecule has 1 amide bonds. The second-order valence-corrected chi connectivity index (χ2v) is 3.72. The van der Waals surface area contributed by atoms with Crippen LogP contribution >= 0.6 is 0 Å². The summed E-state index contributed by atoms with van der Waals surface area (Å²) >= 11 is 0. The lowest BCUT2D eigenvalue weighted by molar-refractivity contribution is 0.0691. The number of H-pyrrole nitrogens is 1. The molecule has 1 rings (SSSR count). The van der Waals surface area contributed by atoms with Gasteiger partial charge in [-0.3, -0.25) is 9.89 Å². The molecule has 1 aromatic rings.